The molecule has 0 bridgehead atoms. The standard InChI is InChI=1S/C13H8BrFN2O/c14-9-3-1-7(5-10(9)16)13-17-11-6-8(15)2-4-12(11)18-13/h1-6H,16H2. The van der Waals surface area contributed by atoms with E-state index in [1.807, 2.05) is 12.1 Å². The molecule has 1 aromatic heterocycles. The molecule has 0 aliphatic carbocycles. The van der Waals surface area contributed by atoms with Crippen molar-refractivity contribution in [2.75, 3.05) is 5.73 Å². The van der Waals surface area contributed by atoms with Gasteiger partial charge in [-0.15, -0.1) is 0 Å². The Kier molecular flexibility index (Phi) is 2.56. The average molecular weight is 307 g/mol. The first-order chi connectivity index (χ1) is 8.63. The van der Waals surface area contributed by atoms with E-state index in [0.29, 0.717) is 22.7 Å². The predicted octanol–water partition coefficient (Wildman–Crippen LogP) is 3.98. The third-order valence-corrected chi connectivity index (χ3v) is 3.31. The highest BCUT2D eigenvalue weighted by molar-refractivity contribution is 9.10. The molecule has 0 spiro atoms. The summed E-state index contributed by atoms with van der Waals surface area (Å²) >= 11 is 3.32. The lowest BCUT2D eigenvalue weighted by Gasteiger charge is -1.99. The molecule has 3 rings (SSSR count). The predicted molar refractivity (Wildman–Crippen MR) is 71.5 cm³/mol. The summed E-state index contributed by atoms with van der Waals surface area (Å²) in [6.45, 7) is 0. The number of hydrogen-bond acceptors (Lipinski definition) is 3. The van der Waals surface area contributed by atoms with Crippen LogP contribution in [0.4, 0.5) is 10.1 Å². The number of nitrogen functional groups attached to an aromatic ring is 1. The smallest absolute Gasteiger partial charge is 0.227 e. The Hall–Kier alpha value is -1.88. The van der Waals surface area contributed by atoms with Gasteiger partial charge >= 0.3 is 0 Å². The summed E-state index contributed by atoms with van der Waals surface area (Å²) in [5, 5.41) is 0. The molecule has 0 fully saturated rings. The number of rotatable bonds is 1. The zero-order valence-electron chi connectivity index (χ0n) is 9.15. The van der Waals surface area contributed by atoms with Crippen molar-refractivity contribution in [2.45, 2.75) is 0 Å². The minimum Gasteiger partial charge on any atom is -0.436 e. The van der Waals surface area contributed by atoms with Gasteiger partial charge in [0, 0.05) is 21.8 Å². The molecule has 0 unspecified atom stereocenters. The molecule has 5 heteroatoms. The van der Waals surface area contributed by atoms with Crippen molar-refractivity contribution >= 4 is 32.7 Å². The summed E-state index contributed by atoms with van der Waals surface area (Å²) in [6, 6.07) is 9.65. The average Bonchev–Trinajstić information content (AvgIpc) is 2.75. The Morgan fingerprint density at radius 3 is 2.78 bits per heavy atom. The van der Waals surface area contributed by atoms with E-state index < -0.39 is 0 Å². The summed E-state index contributed by atoms with van der Waals surface area (Å²) in [7, 11) is 0. The van der Waals surface area contributed by atoms with Crippen LogP contribution in [0.15, 0.2) is 45.3 Å². The minimum atomic E-state index is -0.335. The number of nitrogens with two attached hydrogens (primary N) is 1. The Bertz CT molecular complexity index is 739. The molecule has 3 nitrogen and oxygen atoms in total. The van der Waals surface area contributed by atoms with E-state index in [-0.39, 0.29) is 5.82 Å². The van der Waals surface area contributed by atoms with Gasteiger partial charge in [0.1, 0.15) is 11.3 Å². The van der Waals surface area contributed by atoms with Gasteiger partial charge in [-0.1, -0.05) is 0 Å². The van der Waals surface area contributed by atoms with Crippen LogP contribution in [0.1, 0.15) is 0 Å². The third-order valence-electron chi connectivity index (χ3n) is 2.59. The van der Waals surface area contributed by atoms with Crippen LogP contribution in [0.2, 0.25) is 0 Å². The second kappa shape index (κ2) is 4.10. The lowest BCUT2D eigenvalue weighted by atomic mass is 10.2. The Balaban J connectivity index is 2.16. The van der Waals surface area contributed by atoms with E-state index in [1.165, 1.54) is 12.1 Å². The second-order valence-corrected chi connectivity index (χ2v) is 4.72. The summed E-state index contributed by atoms with van der Waals surface area (Å²) < 4.78 is 19.4. The van der Waals surface area contributed by atoms with Crippen LogP contribution in [0.3, 0.4) is 0 Å². The monoisotopic (exact) mass is 306 g/mol. The number of anilines is 1. The second-order valence-electron chi connectivity index (χ2n) is 3.87. The number of aromatic nitrogens is 1. The molecule has 0 amide bonds. The van der Waals surface area contributed by atoms with Crippen molar-refractivity contribution in [1.29, 1.82) is 0 Å². The summed E-state index contributed by atoms with van der Waals surface area (Å²) in [5.74, 6) is 0.0903. The van der Waals surface area contributed by atoms with Crippen LogP contribution in [-0.4, -0.2) is 4.98 Å². The van der Waals surface area contributed by atoms with Crippen LogP contribution in [0.5, 0.6) is 0 Å². The highest BCUT2D eigenvalue weighted by atomic mass is 79.9. The fourth-order valence-corrected chi connectivity index (χ4v) is 1.95. The number of nitrogens with zero attached hydrogens (tertiary/aromatic N) is 1. The van der Waals surface area contributed by atoms with Crippen molar-refractivity contribution < 1.29 is 8.81 Å². The fraction of sp³-hybridized carbons (Fsp3) is 0. The van der Waals surface area contributed by atoms with Gasteiger partial charge in [-0.2, -0.15) is 0 Å². The maximum Gasteiger partial charge on any atom is 0.227 e. The Morgan fingerprint density at radius 2 is 2.00 bits per heavy atom. The van der Waals surface area contributed by atoms with Crippen LogP contribution in [0.25, 0.3) is 22.6 Å². The van der Waals surface area contributed by atoms with E-state index in [2.05, 4.69) is 20.9 Å². The summed E-state index contributed by atoms with van der Waals surface area (Å²) in [5.41, 5.74) is 8.20. The largest absolute Gasteiger partial charge is 0.436 e. The highest BCUT2D eigenvalue weighted by Gasteiger charge is 2.09. The molecule has 0 atom stereocenters. The van der Waals surface area contributed by atoms with Gasteiger partial charge in [-0.25, -0.2) is 9.37 Å². The molecule has 0 saturated heterocycles. The Labute approximate surface area is 111 Å². The van der Waals surface area contributed by atoms with E-state index in [4.69, 9.17) is 10.2 Å². The van der Waals surface area contributed by atoms with Crippen LogP contribution in [0, 0.1) is 5.82 Å². The maximum atomic E-state index is 13.1. The molecule has 2 aromatic carbocycles. The van der Waals surface area contributed by atoms with Crippen molar-refractivity contribution in [3.8, 4) is 11.5 Å². The lowest BCUT2D eigenvalue weighted by Crippen LogP contribution is -1.87. The molecule has 2 N–H and O–H groups in total. The SMILES string of the molecule is Nc1cc(-c2nc3cc(F)ccc3o2)ccc1Br. The van der Waals surface area contributed by atoms with Gasteiger partial charge < -0.3 is 10.2 Å². The topological polar surface area (TPSA) is 52.0 Å². The number of fused-ring (bicyclic) bond motifs is 1. The number of benzene rings is 2. The fourth-order valence-electron chi connectivity index (χ4n) is 1.70. The van der Waals surface area contributed by atoms with Gasteiger partial charge in [0.15, 0.2) is 5.58 Å². The van der Waals surface area contributed by atoms with Crippen LogP contribution in [-0.2, 0) is 0 Å². The number of halogens is 2. The van der Waals surface area contributed by atoms with Crippen molar-refractivity contribution in [3.63, 3.8) is 0 Å². The zero-order chi connectivity index (χ0) is 12.7. The normalized spacial score (nSPS) is 11.0. The third kappa shape index (κ3) is 1.86. The maximum absolute atomic E-state index is 13.1. The molecule has 0 aliphatic rings. The first kappa shape index (κ1) is 11.2. The lowest BCUT2D eigenvalue weighted by molar-refractivity contribution is 0.614. The minimum absolute atomic E-state index is 0.335. The summed E-state index contributed by atoms with van der Waals surface area (Å²) in [4.78, 5) is 4.24. The van der Waals surface area contributed by atoms with Gasteiger partial charge in [0.2, 0.25) is 5.89 Å². The van der Waals surface area contributed by atoms with Crippen molar-refractivity contribution in [1.82, 2.24) is 4.98 Å². The van der Waals surface area contributed by atoms with Crippen LogP contribution >= 0.6 is 15.9 Å². The molecule has 0 aliphatic heterocycles. The van der Waals surface area contributed by atoms with Gasteiger partial charge in [-0.3, -0.25) is 0 Å². The number of oxazole rings is 1. The highest BCUT2D eigenvalue weighted by Crippen LogP contribution is 2.29. The van der Waals surface area contributed by atoms with Crippen LogP contribution < -0.4 is 5.73 Å². The number of hydrogen-bond donors (Lipinski definition) is 1. The first-order valence-electron chi connectivity index (χ1n) is 5.25. The molecule has 18 heavy (non-hydrogen) atoms. The van der Waals surface area contributed by atoms with Gasteiger partial charge in [0.05, 0.1) is 0 Å². The molecule has 90 valence electrons. The molecular formula is C13H8BrFN2O. The molecule has 0 radical (unpaired) electrons. The first-order valence-corrected chi connectivity index (χ1v) is 6.04. The van der Waals surface area contributed by atoms with E-state index in [0.717, 1.165) is 10.0 Å². The van der Waals surface area contributed by atoms with Crippen molar-refractivity contribution in [3.05, 3.63) is 46.7 Å². The van der Waals surface area contributed by atoms with E-state index in [1.54, 1.807) is 12.1 Å². The van der Waals surface area contributed by atoms with Gasteiger partial charge in [0.25, 0.3) is 0 Å². The summed E-state index contributed by atoms with van der Waals surface area (Å²) in [6.07, 6.45) is 0. The Morgan fingerprint density at radius 1 is 1.17 bits per heavy atom. The molecule has 3 aromatic rings. The zero-order valence-corrected chi connectivity index (χ0v) is 10.7. The van der Waals surface area contributed by atoms with E-state index in [9.17, 15) is 4.39 Å². The molecular weight excluding hydrogens is 299 g/mol. The molecule has 1 heterocycles. The molecule has 0 saturated carbocycles. The van der Waals surface area contributed by atoms with E-state index >= 15 is 0 Å². The quantitative estimate of drug-likeness (QED) is 0.692. The van der Waals surface area contributed by atoms with Gasteiger partial charge in [-0.05, 0) is 46.3 Å². The van der Waals surface area contributed by atoms with Crippen molar-refractivity contribution in [2.24, 2.45) is 0 Å².